The van der Waals surface area contributed by atoms with Gasteiger partial charge in [0.25, 0.3) is 5.91 Å². The number of likely N-dealkylation sites (tertiary alicyclic amines) is 2. The Labute approximate surface area is 166 Å². The monoisotopic (exact) mass is 380 g/mol. The molecule has 148 valence electrons. The van der Waals surface area contributed by atoms with Gasteiger partial charge in [0, 0.05) is 31.6 Å². The first-order valence-corrected chi connectivity index (χ1v) is 9.80. The Morgan fingerprint density at radius 1 is 1.00 bits per heavy atom. The summed E-state index contributed by atoms with van der Waals surface area (Å²) >= 11 is 0. The highest BCUT2D eigenvalue weighted by molar-refractivity contribution is 5.97. The van der Waals surface area contributed by atoms with Crippen molar-refractivity contribution in [2.24, 2.45) is 11.8 Å². The van der Waals surface area contributed by atoms with E-state index in [2.05, 4.69) is 24.1 Å². The van der Waals surface area contributed by atoms with Crippen molar-refractivity contribution in [3.63, 3.8) is 0 Å². The Morgan fingerprint density at radius 2 is 1.75 bits per heavy atom. The molecule has 2 saturated heterocycles. The summed E-state index contributed by atoms with van der Waals surface area (Å²) in [5, 5.41) is 0. The molecule has 28 heavy (non-hydrogen) atoms. The Balaban J connectivity index is 1.55. The number of hydrogen-bond donors (Lipinski definition) is 0. The normalized spacial score (nSPS) is 24.3. The zero-order valence-corrected chi connectivity index (χ0v) is 17.0. The first-order valence-electron chi connectivity index (χ1n) is 9.80. The van der Waals surface area contributed by atoms with Crippen LogP contribution in [0.1, 0.15) is 27.5 Å². The molecule has 3 atom stereocenters. The van der Waals surface area contributed by atoms with E-state index in [4.69, 9.17) is 9.47 Å². The van der Waals surface area contributed by atoms with Crippen LogP contribution >= 0.6 is 0 Å². The largest absolute Gasteiger partial charge is 0.497 e. The van der Waals surface area contributed by atoms with Gasteiger partial charge < -0.3 is 14.4 Å². The van der Waals surface area contributed by atoms with Gasteiger partial charge in [-0.25, -0.2) is 0 Å². The summed E-state index contributed by atoms with van der Waals surface area (Å²) in [5.74, 6) is 2.54. The van der Waals surface area contributed by atoms with Gasteiger partial charge in [-0.2, -0.15) is 0 Å². The third-order valence-corrected chi connectivity index (χ3v) is 6.23. The lowest BCUT2D eigenvalue weighted by atomic mass is 9.89. The molecule has 2 fully saturated rings. The fourth-order valence-corrected chi connectivity index (χ4v) is 4.87. The van der Waals surface area contributed by atoms with Crippen LogP contribution in [-0.2, 0) is 0 Å². The Morgan fingerprint density at radius 3 is 2.43 bits per heavy atom. The fraction of sp³-hybridized carbons (Fsp3) is 0.435. The molecule has 0 saturated carbocycles. The van der Waals surface area contributed by atoms with E-state index in [0.717, 1.165) is 30.9 Å². The molecule has 4 rings (SSSR count). The summed E-state index contributed by atoms with van der Waals surface area (Å²) in [4.78, 5) is 17.6. The van der Waals surface area contributed by atoms with Gasteiger partial charge in [-0.1, -0.05) is 18.2 Å². The Hall–Kier alpha value is -2.53. The minimum absolute atomic E-state index is 0.0717. The summed E-state index contributed by atoms with van der Waals surface area (Å²) in [5.41, 5.74) is 3.04. The van der Waals surface area contributed by atoms with Crippen molar-refractivity contribution in [1.29, 1.82) is 0 Å². The van der Waals surface area contributed by atoms with E-state index in [0.29, 0.717) is 29.2 Å². The highest BCUT2D eigenvalue weighted by Gasteiger charge is 2.47. The molecule has 5 nitrogen and oxygen atoms in total. The molecule has 2 aliphatic rings. The van der Waals surface area contributed by atoms with E-state index in [1.807, 2.05) is 42.2 Å². The van der Waals surface area contributed by atoms with Crippen LogP contribution in [0.4, 0.5) is 0 Å². The van der Waals surface area contributed by atoms with Crippen molar-refractivity contribution >= 4 is 5.91 Å². The standard InChI is InChI=1S/C23H28N2O3/c1-15-5-10-19(21(11-15)28-4)23(26)25-13-17-12-24(2)22(20(17)14-25)16-6-8-18(27-3)9-7-16/h5-11,17,20,22H,12-14H2,1-4H3/t17-,20+,22-/m0/s1. The van der Waals surface area contributed by atoms with Gasteiger partial charge in [-0.05, 0) is 55.3 Å². The van der Waals surface area contributed by atoms with Gasteiger partial charge >= 0.3 is 0 Å². The number of aryl methyl sites for hydroxylation is 1. The third-order valence-electron chi connectivity index (χ3n) is 6.23. The molecule has 0 unspecified atom stereocenters. The maximum absolute atomic E-state index is 13.2. The molecule has 2 aromatic carbocycles. The number of amides is 1. The number of carbonyl (C=O) groups is 1. The maximum atomic E-state index is 13.2. The number of fused-ring (bicyclic) bond motifs is 1. The van der Waals surface area contributed by atoms with Crippen LogP contribution < -0.4 is 9.47 Å². The lowest BCUT2D eigenvalue weighted by Crippen LogP contribution is -2.33. The molecule has 5 heteroatoms. The van der Waals surface area contributed by atoms with Gasteiger partial charge in [0.1, 0.15) is 11.5 Å². The van der Waals surface area contributed by atoms with Gasteiger partial charge in [-0.15, -0.1) is 0 Å². The molecule has 0 aliphatic carbocycles. The molecule has 0 bridgehead atoms. The van der Waals surface area contributed by atoms with Crippen LogP contribution in [0.2, 0.25) is 0 Å². The maximum Gasteiger partial charge on any atom is 0.257 e. The highest BCUT2D eigenvalue weighted by Crippen LogP contribution is 2.44. The highest BCUT2D eigenvalue weighted by atomic mass is 16.5. The summed E-state index contributed by atoms with van der Waals surface area (Å²) in [7, 11) is 5.49. The SMILES string of the molecule is COc1ccc([C@H]2[C@@H]3CN(C(=O)c4ccc(C)cc4OC)C[C@@H]3CN2C)cc1. The second-order valence-corrected chi connectivity index (χ2v) is 8.00. The van der Waals surface area contributed by atoms with E-state index in [9.17, 15) is 4.79 Å². The number of methoxy groups -OCH3 is 2. The zero-order valence-electron chi connectivity index (χ0n) is 17.0. The molecule has 0 aromatic heterocycles. The van der Waals surface area contributed by atoms with Crippen molar-refractivity contribution in [3.05, 3.63) is 59.2 Å². The van der Waals surface area contributed by atoms with Gasteiger partial charge in [0.05, 0.1) is 19.8 Å². The van der Waals surface area contributed by atoms with E-state index in [1.165, 1.54) is 5.56 Å². The minimum Gasteiger partial charge on any atom is -0.497 e. The molecule has 0 N–H and O–H groups in total. The van der Waals surface area contributed by atoms with Crippen molar-refractivity contribution in [2.45, 2.75) is 13.0 Å². The van der Waals surface area contributed by atoms with E-state index >= 15 is 0 Å². The predicted octanol–water partition coefficient (Wildman–Crippen LogP) is 3.39. The molecule has 2 heterocycles. The summed E-state index contributed by atoms with van der Waals surface area (Å²) < 4.78 is 10.8. The molecular formula is C23H28N2O3. The number of ether oxygens (including phenoxy) is 2. The topological polar surface area (TPSA) is 42.0 Å². The molecule has 0 spiro atoms. The molecule has 2 aliphatic heterocycles. The number of hydrogen-bond acceptors (Lipinski definition) is 4. The van der Waals surface area contributed by atoms with E-state index in [1.54, 1.807) is 14.2 Å². The fourth-order valence-electron chi connectivity index (χ4n) is 4.87. The van der Waals surface area contributed by atoms with Gasteiger partial charge in [-0.3, -0.25) is 9.69 Å². The number of nitrogens with zero attached hydrogens (tertiary/aromatic N) is 2. The summed E-state index contributed by atoms with van der Waals surface area (Å²) in [6, 6.07) is 14.5. The van der Waals surface area contributed by atoms with Crippen LogP contribution in [0.15, 0.2) is 42.5 Å². The van der Waals surface area contributed by atoms with Crippen molar-refractivity contribution < 1.29 is 14.3 Å². The van der Waals surface area contributed by atoms with Crippen molar-refractivity contribution in [1.82, 2.24) is 9.80 Å². The lowest BCUT2D eigenvalue weighted by molar-refractivity contribution is 0.0764. The molecule has 2 aromatic rings. The molecular weight excluding hydrogens is 352 g/mol. The molecule has 0 radical (unpaired) electrons. The van der Waals surface area contributed by atoms with Crippen LogP contribution in [0.5, 0.6) is 11.5 Å². The number of rotatable bonds is 4. The zero-order chi connectivity index (χ0) is 19.8. The van der Waals surface area contributed by atoms with Crippen molar-refractivity contribution in [2.75, 3.05) is 40.9 Å². The summed E-state index contributed by atoms with van der Waals surface area (Å²) in [6.07, 6.45) is 0. The quantitative estimate of drug-likeness (QED) is 0.815. The first-order chi connectivity index (χ1) is 13.5. The lowest BCUT2D eigenvalue weighted by Gasteiger charge is -2.27. The molecule has 1 amide bonds. The van der Waals surface area contributed by atoms with E-state index < -0.39 is 0 Å². The van der Waals surface area contributed by atoms with Crippen LogP contribution in [-0.4, -0.2) is 56.6 Å². The summed E-state index contributed by atoms with van der Waals surface area (Å²) in [6.45, 7) is 4.60. The first kappa shape index (κ1) is 18.8. The second kappa shape index (κ2) is 7.47. The van der Waals surface area contributed by atoms with E-state index in [-0.39, 0.29) is 5.91 Å². The van der Waals surface area contributed by atoms with Crippen LogP contribution in [0, 0.1) is 18.8 Å². The second-order valence-electron chi connectivity index (χ2n) is 8.00. The number of benzene rings is 2. The van der Waals surface area contributed by atoms with Gasteiger partial charge in [0.15, 0.2) is 0 Å². The van der Waals surface area contributed by atoms with Crippen LogP contribution in [0.25, 0.3) is 0 Å². The predicted molar refractivity (Wildman–Crippen MR) is 109 cm³/mol. The Bertz CT molecular complexity index is 865. The number of carbonyl (C=O) groups excluding carboxylic acids is 1. The van der Waals surface area contributed by atoms with Crippen molar-refractivity contribution in [3.8, 4) is 11.5 Å². The average Bonchev–Trinajstić information content (AvgIpc) is 3.24. The van der Waals surface area contributed by atoms with Gasteiger partial charge in [0.2, 0.25) is 0 Å². The minimum atomic E-state index is 0.0717. The smallest absolute Gasteiger partial charge is 0.257 e. The third kappa shape index (κ3) is 3.24. The average molecular weight is 380 g/mol. The Kier molecular flexibility index (Phi) is 5.02. The van der Waals surface area contributed by atoms with Crippen LogP contribution in [0.3, 0.4) is 0 Å².